The summed E-state index contributed by atoms with van der Waals surface area (Å²) in [5.74, 6) is 2.04. The van der Waals surface area contributed by atoms with E-state index in [-0.39, 0.29) is 5.91 Å². The summed E-state index contributed by atoms with van der Waals surface area (Å²) in [6.45, 7) is 9.05. The number of aromatic nitrogens is 3. The molecule has 0 saturated carbocycles. The molecular formula is C21H31N7O. The molecule has 156 valence electrons. The minimum absolute atomic E-state index is 0.139. The molecule has 2 aromatic rings. The number of aryl methyl sites for hydroxylation is 1. The van der Waals surface area contributed by atoms with Gasteiger partial charge in [-0.05, 0) is 12.0 Å². The van der Waals surface area contributed by atoms with Gasteiger partial charge in [-0.3, -0.25) is 9.79 Å². The number of hydrogen-bond acceptors (Lipinski definition) is 4. The summed E-state index contributed by atoms with van der Waals surface area (Å²) in [7, 11) is 0. The second kappa shape index (κ2) is 10.6. The molecule has 0 aliphatic carbocycles. The third-order valence-electron chi connectivity index (χ3n) is 5.18. The van der Waals surface area contributed by atoms with Crippen LogP contribution in [-0.2, 0) is 24.2 Å². The molecular weight excluding hydrogens is 366 g/mol. The molecule has 1 aromatic carbocycles. The zero-order valence-corrected chi connectivity index (χ0v) is 17.4. The fourth-order valence-electron chi connectivity index (χ4n) is 3.46. The van der Waals surface area contributed by atoms with Crippen LogP contribution in [0.2, 0.25) is 0 Å². The SMILES string of the molecule is CCc1nncn1CCNC(=NCCc1ccccc1)N1CCN(C(C)=O)CC1. The third kappa shape index (κ3) is 6.04. The Kier molecular flexibility index (Phi) is 7.61. The molecule has 1 N–H and O–H groups in total. The Balaban J connectivity index is 1.59. The molecule has 2 heterocycles. The normalized spacial score (nSPS) is 14.9. The number of rotatable bonds is 7. The standard InChI is InChI=1S/C21H31N7O/c1-3-20-25-24-17-28(20)12-11-23-21(22-10-9-19-7-5-4-6-8-19)27-15-13-26(14-16-27)18(2)29/h4-8,17H,3,9-16H2,1-2H3,(H,22,23). The van der Waals surface area contributed by atoms with Crippen LogP contribution < -0.4 is 5.32 Å². The van der Waals surface area contributed by atoms with E-state index in [1.54, 1.807) is 13.3 Å². The minimum atomic E-state index is 0.139. The van der Waals surface area contributed by atoms with Crippen molar-refractivity contribution in [3.63, 3.8) is 0 Å². The van der Waals surface area contributed by atoms with Gasteiger partial charge in [0, 0.05) is 59.2 Å². The molecule has 0 atom stereocenters. The van der Waals surface area contributed by atoms with Gasteiger partial charge < -0.3 is 19.7 Å². The Morgan fingerprint density at radius 3 is 2.55 bits per heavy atom. The lowest BCUT2D eigenvalue weighted by atomic mass is 10.2. The summed E-state index contributed by atoms with van der Waals surface area (Å²) in [5, 5.41) is 11.6. The van der Waals surface area contributed by atoms with Crippen molar-refractivity contribution in [2.45, 2.75) is 33.2 Å². The second-order valence-corrected chi connectivity index (χ2v) is 7.15. The van der Waals surface area contributed by atoms with Crippen LogP contribution in [0, 0.1) is 0 Å². The lowest BCUT2D eigenvalue weighted by Crippen LogP contribution is -2.53. The van der Waals surface area contributed by atoms with Crippen molar-refractivity contribution in [3.8, 4) is 0 Å². The minimum Gasteiger partial charge on any atom is -0.354 e. The topological polar surface area (TPSA) is 78.7 Å². The fourth-order valence-corrected chi connectivity index (χ4v) is 3.46. The first-order chi connectivity index (χ1) is 14.2. The number of guanidine groups is 1. The number of benzene rings is 1. The molecule has 0 radical (unpaired) electrons. The number of carbonyl (C=O) groups excluding carboxylic acids is 1. The van der Waals surface area contributed by atoms with Crippen molar-refractivity contribution < 1.29 is 4.79 Å². The summed E-state index contributed by atoms with van der Waals surface area (Å²) in [6.07, 6.45) is 3.55. The van der Waals surface area contributed by atoms with Crippen LogP contribution >= 0.6 is 0 Å². The molecule has 8 heteroatoms. The summed E-state index contributed by atoms with van der Waals surface area (Å²) >= 11 is 0. The van der Waals surface area contributed by atoms with Gasteiger partial charge in [0.2, 0.25) is 5.91 Å². The zero-order chi connectivity index (χ0) is 20.5. The number of aliphatic imine (C=N–C) groups is 1. The maximum atomic E-state index is 11.6. The van der Waals surface area contributed by atoms with Gasteiger partial charge in [-0.15, -0.1) is 10.2 Å². The third-order valence-corrected chi connectivity index (χ3v) is 5.18. The molecule has 1 aliphatic heterocycles. The predicted octanol–water partition coefficient (Wildman–Crippen LogP) is 1.19. The van der Waals surface area contributed by atoms with E-state index in [0.717, 1.165) is 70.4 Å². The van der Waals surface area contributed by atoms with E-state index in [1.807, 2.05) is 11.0 Å². The molecule has 0 bridgehead atoms. The quantitative estimate of drug-likeness (QED) is 0.561. The lowest BCUT2D eigenvalue weighted by molar-refractivity contribution is -0.130. The van der Waals surface area contributed by atoms with Crippen LogP contribution in [0.15, 0.2) is 41.7 Å². The van der Waals surface area contributed by atoms with Crippen LogP contribution in [0.25, 0.3) is 0 Å². The maximum Gasteiger partial charge on any atom is 0.219 e. The van der Waals surface area contributed by atoms with Crippen LogP contribution in [0.5, 0.6) is 0 Å². The van der Waals surface area contributed by atoms with E-state index in [4.69, 9.17) is 4.99 Å². The van der Waals surface area contributed by atoms with Crippen LogP contribution in [-0.4, -0.2) is 75.7 Å². The average molecular weight is 398 g/mol. The number of nitrogens with one attached hydrogen (secondary N) is 1. The molecule has 29 heavy (non-hydrogen) atoms. The van der Waals surface area contributed by atoms with Gasteiger partial charge in [0.1, 0.15) is 12.2 Å². The molecule has 1 amide bonds. The molecule has 1 aromatic heterocycles. The monoisotopic (exact) mass is 397 g/mol. The highest BCUT2D eigenvalue weighted by Crippen LogP contribution is 2.04. The van der Waals surface area contributed by atoms with Crippen LogP contribution in [0.4, 0.5) is 0 Å². The van der Waals surface area contributed by atoms with Gasteiger partial charge in [-0.1, -0.05) is 37.3 Å². The second-order valence-electron chi connectivity index (χ2n) is 7.15. The highest BCUT2D eigenvalue weighted by atomic mass is 16.2. The van der Waals surface area contributed by atoms with E-state index < -0.39 is 0 Å². The van der Waals surface area contributed by atoms with Gasteiger partial charge in [-0.25, -0.2) is 0 Å². The van der Waals surface area contributed by atoms with E-state index in [1.165, 1.54) is 5.56 Å². The maximum absolute atomic E-state index is 11.6. The summed E-state index contributed by atoms with van der Waals surface area (Å²) in [4.78, 5) is 20.6. The first kappa shape index (κ1) is 20.8. The van der Waals surface area contributed by atoms with Crippen molar-refractivity contribution in [1.82, 2.24) is 29.9 Å². The predicted molar refractivity (Wildman–Crippen MR) is 114 cm³/mol. The van der Waals surface area contributed by atoms with Crippen molar-refractivity contribution in [2.24, 2.45) is 4.99 Å². The number of amides is 1. The van der Waals surface area contributed by atoms with Crippen LogP contribution in [0.3, 0.4) is 0 Å². The van der Waals surface area contributed by atoms with E-state index in [2.05, 4.69) is 56.2 Å². The number of carbonyl (C=O) groups is 1. The van der Waals surface area contributed by atoms with E-state index in [0.29, 0.717) is 0 Å². The molecule has 3 rings (SSSR count). The first-order valence-electron chi connectivity index (χ1n) is 10.4. The summed E-state index contributed by atoms with van der Waals surface area (Å²) < 4.78 is 2.07. The Morgan fingerprint density at radius 2 is 1.86 bits per heavy atom. The van der Waals surface area contributed by atoms with Crippen molar-refractivity contribution in [2.75, 3.05) is 39.3 Å². The number of piperazine rings is 1. The van der Waals surface area contributed by atoms with Gasteiger partial charge in [0.05, 0.1) is 0 Å². The summed E-state index contributed by atoms with van der Waals surface area (Å²) in [6, 6.07) is 10.4. The van der Waals surface area contributed by atoms with Gasteiger partial charge in [0.15, 0.2) is 5.96 Å². The summed E-state index contributed by atoms with van der Waals surface area (Å²) in [5.41, 5.74) is 1.29. The van der Waals surface area contributed by atoms with E-state index >= 15 is 0 Å². The Labute approximate surface area is 172 Å². The molecule has 0 spiro atoms. The molecule has 1 aliphatic rings. The van der Waals surface area contributed by atoms with Gasteiger partial charge in [-0.2, -0.15) is 0 Å². The van der Waals surface area contributed by atoms with Crippen molar-refractivity contribution >= 4 is 11.9 Å². The largest absolute Gasteiger partial charge is 0.354 e. The lowest BCUT2D eigenvalue weighted by Gasteiger charge is -2.36. The Morgan fingerprint density at radius 1 is 1.14 bits per heavy atom. The first-order valence-corrected chi connectivity index (χ1v) is 10.4. The smallest absolute Gasteiger partial charge is 0.219 e. The zero-order valence-electron chi connectivity index (χ0n) is 17.4. The Hall–Kier alpha value is -2.90. The average Bonchev–Trinajstić information content (AvgIpc) is 3.21. The van der Waals surface area contributed by atoms with E-state index in [9.17, 15) is 4.79 Å². The van der Waals surface area contributed by atoms with Crippen molar-refractivity contribution in [1.29, 1.82) is 0 Å². The van der Waals surface area contributed by atoms with Gasteiger partial charge >= 0.3 is 0 Å². The molecule has 1 fully saturated rings. The highest BCUT2D eigenvalue weighted by Gasteiger charge is 2.21. The number of hydrogen-bond donors (Lipinski definition) is 1. The fraction of sp³-hybridized carbons (Fsp3) is 0.524. The van der Waals surface area contributed by atoms with Crippen LogP contribution in [0.1, 0.15) is 25.2 Å². The molecule has 8 nitrogen and oxygen atoms in total. The highest BCUT2D eigenvalue weighted by molar-refractivity contribution is 5.80. The van der Waals surface area contributed by atoms with Gasteiger partial charge in [0.25, 0.3) is 0 Å². The number of nitrogens with zero attached hydrogens (tertiary/aromatic N) is 6. The molecule has 1 saturated heterocycles. The van der Waals surface area contributed by atoms with Crippen molar-refractivity contribution in [3.05, 3.63) is 48.0 Å². The molecule has 0 unspecified atom stereocenters. The Bertz CT molecular complexity index is 794.